The van der Waals surface area contributed by atoms with Gasteiger partial charge in [0.1, 0.15) is 0 Å². The molecule has 3 heteroatoms. The molecule has 0 bridgehead atoms. The summed E-state index contributed by atoms with van der Waals surface area (Å²) in [6, 6.07) is 10.2. The molecular weight excluding hydrogens is 216 g/mol. The molecule has 0 aliphatic carbocycles. The van der Waals surface area contributed by atoms with Crippen molar-refractivity contribution < 1.29 is 0 Å². The van der Waals surface area contributed by atoms with E-state index in [9.17, 15) is 0 Å². The average molecular weight is 232 g/mol. The molecule has 2 N–H and O–H groups in total. The Bertz CT molecular complexity index is 436. The lowest BCUT2D eigenvalue weighted by molar-refractivity contribution is 0.715. The summed E-state index contributed by atoms with van der Waals surface area (Å²) in [4.78, 5) is 4.53. The first-order chi connectivity index (χ1) is 7.79. The highest BCUT2D eigenvalue weighted by molar-refractivity contribution is 7.09. The highest BCUT2D eigenvalue weighted by Gasteiger charge is 2.09. The number of thiazole rings is 1. The van der Waals surface area contributed by atoms with E-state index in [1.54, 1.807) is 11.3 Å². The molecule has 0 aliphatic rings. The van der Waals surface area contributed by atoms with E-state index in [0.717, 1.165) is 17.8 Å². The minimum atomic E-state index is 0.0528. The molecule has 2 aromatic rings. The highest BCUT2D eigenvalue weighted by atomic mass is 32.1. The largest absolute Gasteiger partial charge is 0.324 e. The van der Waals surface area contributed by atoms with Crippen LogP contribution < -0.4 is 5.73 Å². The lowest BCUT2D eigenvalue weighted by Crippen LogP contribution is -2.13. The van der Waals surface area contributed by atoms with Crippen LogP contribution in [0.4, 0.5) is 0 Å². The Labute approximate surface area is 100 Å². The van der Waals surface area contributed by atoms with E-state index in [1.807, 2.05) is 18.2 Å². The van der Waals surface area contributed by atoms with Crippen molar-refractivity contribution in [2.45, 2.75) is 25.8 Å². The van der Waals surface area contributed by atoms with Crippen LogP contribution in [0.2, 0.25) is 0 Å². The van der Waals surface area contributed by atoms with Gasteiger partial charge in [-0.3, -0.25) is 0 Å². The zero-order chi connectivity index (χ0) is 11.4. The van der Waals surface area contributed by atoms with E-state index in [1.165, 1.54) is 11.3 Å². The van der Waals surface area contributed by atoms with Crippen molar-refractivity contribution in [2.75, 3.05) is 0 Å². The van der Waals surface area contributed by atoms with Crippen LogP contribution in [-0.2, 0) is 12.8 Å². The first kappa shape index (κ1) is 11.3. The molecule has 1 unspecified atom stereocenters. The number of hydrogen-bond donors (Lipinski definition) is 1. The third kappa shape index (κ3) is 2.68. The van der Waals surface area contributed by atoms with Gasteiger partial charge in [-0.05, 0) is 12.0 Å². The molecule has 16 heavy (non-hydrogen) atoms. The van der Waals surface area contributed by atoms with Gasteiger partial charge in [0.25, 0.3) is 0 Å². The van der Waals surface area contributed by atoms with E-state index in [-0.39, 0.29) is 6.04 Å². The van der Waals surface area contributed by atoms with E-state index in [2.05, 4.69) is 29.4 Å². The Balaban J connectivity index is 2.05. The molecule has 0 amide bonds. The Kier molecular flexibility index (Phi) is 3.70. The predicted molar refractivity (Wildman–Crippen MR) is 68.6 cm³/mol. The van der Waals surface area contributed by atoms with Crippen molar-refractivity contribution in [1.29, 1.82) is 0 Å². The Morgan fingerprint density at radius 2 is 2.06 bits per heavy atom. The normalized spacial score (nSPS) is 12.6. The fourth-order valence-corrected chi connectivity index (χ4v) is 2.55. The van der Waals surface area contributed by atoms with Crippen molar-refractivity contribution in [1.82, 2.24) is 4.98 Å². The van der Waals surface area contributed by atoms with Crippen molar-refractivity contribution in [3.05, 3.63) is 52.0 Å². The monoisotopic (exact) mass is 232 g/mol. The van der Waals surface area contributed by atoms with Gasteiger partial charge in [0, 0.05) is 17.8 Å². The van der Waals surface area contributed by atoms with Gasteiger partial charge in [-0.1, -0.05) is 37.3 Å². The molecule has 1 aromatic heterocycles. The zero-order valence-electron chi connectivity index (χ0n) is 9.39. The van der Waals surface area contributed by atoms with Crippen LogP contribution in [0, 0.1) is 0 Å². The molecular formula is C13H16N2S. The first-order valence-electron chi connectivity index (χ1n) is 5.53. The molecule has 2 nitrogen and oxygen atoms in total. The Morgan fingerprint density at radius 3 is 2.69 bits per heavy atom. The quantitative estimate of drug-likeness (QED) is 0.880. The number of aromatic nitrogens is 1. The van der Waals surface area contributed by atoms with Crippen LogP contribution in [0.15, 0.2) is 35.7 Å². The van der Waals surface area contributed by atoms with Crippen LogP contribution in [0.3, 0.4) is 0 Å². The maximum atomic E-state index is 6.14. The third-order valence-electron chi connectivity index (χ3n) is 2.58. The molecule has 1 heterocycles. The van der Waals surface area contributed by atoms with Crippen molar-refractivity contribution in [3.8, 4) is 0 Å². The second kappa shape index (κ2) is 5.23. The molecule has 0 saturated carbocycles. The number of benzene rings is 1. The Morgan fingerprint density at radius 1 is 1.31 bits per heavy atom. The summed E-state index contributed by atoms with van der Waals surface area (Å²) in [5.74, 6) is 0. The summed E-state index contributed by atoms with van der Waals surface area (Å²) >= 11 is 1.71. The molecule has 0 radical (unpaired) electrons. The first-order valence-corrected chi connectivity index (χ1v) is 6.41. The number of hydrogen-bond acceptors (Lipinski definition) is 3. The molecule has 0 spiro atoms. The van der Waals surface area contributed by atoms with Crippen molar-refractivity contribution >= 4 is 11.3 Å². The molecule has 1 atom stereocenters. The number of nitrogens with two attached hydrogens (primary N) is 1. The summed E-state index contributed by atoms with van der Waals surface area (Å²) in [5.41, 5.74) is 8.49. The van der Waals surface area contributed by atoms with Crippen LogP contribution in [0.25, 0.3) is 0 Å². The molecule has 0 aliphatic heterocycles. The summed E-state index contributed by atoms with van der Waals surface area (Å²) in [7, 11) is 0. The zero-order valence-corrected chi connectivity index (χ0v) is 10.2. The number of aryl methyl sites for hydroxylation is 1. The molecule has 84 valence electrons. The molecule has 2 rings (SSSR count). The van der Waals surface area contributed by atoms with Gasteiger partial charge in [-0.2, -0.15) is 0 Å². The molecule has 1 aromatic carbocycles. The second-order valence-electron chi connectivity index (χ2n) is 3.81. The van der Waals surface area contributed by atoms with E-state index >= 15 is 0 Å². The van der Waals surface area contributed by atoms with Crippen LogP contribution in [-0.4, -0.2) is 4.98 Å². The van der Waals surface area contributed by atoms with Gasteiger partial charge >= 0.3 is 0 Å². The van der Waals surface area contributed by atoms with E-state index in [4.69, 9.17) is 5.73 Å². The Hall–Kier alpha value is -1.19. The smallest absolute Gasteiger partial charge is 0.0947 e. The topological polar surface area (TPSA) is 38.9 Å². The van der Waals surface area contributed by atoms with Gasteiger partial charge in [0.05, 0.1) is 10.7 Å². The standard InChI is InChI=1S/C13H16N2S/c1-2-11-9-16-13(15-11)8-12(14)10-6-4-3-5-7-10/h3-7,9,12H,2,8,14H2,1H3. The van der Waals surface area contributed by atoms with Crippen LogP contribution in [0.1, 0.15) is 29.2 Å². The summed E-state index contributed by atoms with van der Waals surface area (Å²) in [6.45, 7) is 2.12. The van der Waals surface area contributed by atoms with Gasteiger partial charge in [0.2, 0.25) is 0 Å². The predicted octanol–water partition coefficient (Wildman–Crippen LogP) is 2.95. The number of nitrogens with zero attached hydrogens (tertiary/aromatic N) is 1. The summed E-state index contributed by atoms with van der Waals surface area (Å²) in [6.07, 6.45) is 1.83. The fraction of sp³-hybridized carbons (Fsp3) is 0.308. The SMILES string of the molecule is CCc1csc(CC(N)c2ccccc2)n1. The van der Waals surface area contributed by atoms with Gasteiger partial charge in [-0.25, -0.2) is 4.98 Å². The minimum absolute atomic E-state index is 0.0528. The number of rotatable bonds is 4. The molecule has 0 fully saturated rings. The maximum Gasteiger partial charge on any atom is 0.0947 e. The third-order valence-corrected chi connectivity index (χ3v) is 3.50. The molecule has 0 saturated heterocycles. The van der Waals surface area contributed by atoms with Crippen LogP contribution >= 0.6 is 11.3 Å². The second-order valence-corrected chi connectivity index (χ2v) is 4.75. The fourth-order valence-electron chi connectivity index (χ4n) is 1.61. The average Bonchev–Trinajstić information content (AvgIpc) is 2.78. The summed E-state index contributed by atoms with van der Waals surface area (Å²) < 4.78 is 0. The lowest BCUT2D eigenvalue weighted by Gasteiger charge is -2.09. The van der Waals surface area contributed by atoms with Crippen LogP contribution in [0.5, 0.6) is 0 Å². The maximum absolute atomic E-state index is 6.14. The van der Waals surface area contributed by atoms with E-state index < -0.39 is 0 Å². The minimum Gasteiger partial charge on any atom is -0.324 e. The summed E-state index contributed by atoms with van der Waals surface area (Å²) in [5, 5.41) is 3.25. The van der Waals surface area contributed by atoms with E-state index in [0.29, 0.717) is 0 Å². The van der Waals surface area contributed by atoms with Crippen molar-refractivity contribution in [2.24, 2.45) is 5.73 Å². The van der Waals surface area contributed by atoms with Gasteiger partial charge in [0.15, 0.2) is 0 Å². The lowest BCUT2D eigenvalue weighted by atomic mass is 10.1. The van der Waals surface area contributed by atoms with Gasteiger partial charge < -0.3 is 5.73 Å². The highest BCUT2D eigenvalue weighted by Crippen LogP contribution is 2.18. The van der Waals surface area contributed by atoms with Crippen molar-refractivity contribution in [3.63, 3.8) is 0 Å². The van der Waals surface area contributed by atoms with Gasteiger partial charge in [-0.15, -0.1) is 11.3 Å².